The minimum atomic E-state index is -0.516. The van der Waals surface area contributed by atoms with E-state index in [2.05, 4.69) is 37.5 Å². The summed E-state index contributed by atoms with van der Waals surface area (Å²) in [5, 5.41) is 13.4. The first kappa shape index (κ1) is 22.6. The molecule has 2 aliphatic rings. The Morgan fingerprint density at radius 1 is 1.00 bits per heavy atom. The van der Waals surface area contributed by atoms with Gasteiger partial charge in [-0.2, -0.15) is 0 Å². The Balaban J connectivity index is 1.35. The number of nitrogens with zero attached hydrogens (tertiary/aromatic N) is 5. The monoisotopic (exact) mass is 510 g/mol. The van der Waals surface area contributed by atoms with Crippen LogP contribution in [0.3, 0.4) is 0 Å². The van der Waals surface area contributed by atoms with Crippen LogP contribution >= 0.6 is 0 Å². The molecule has 0 radical (unpaired) electrons. The van der Waals surface area contributed by atoms with Crippen molar-refractivity contribution in [3.05, 3.63) is 111 Å². The first-order valence-electron chi connectivity index (χ1n) is 12.4. The molecule has 0 unspecified atom stereocenters. The molecule has 2 aliphatic heterocycles. The van der Waals surface area contributed by atoms with Gasteiger partial charge in [-0.3, -0.25) is 9.69 Å². The summed E-state index contributed by atoms with van der Waals surface area (Å²) < 4.78 is 26.2. The molecule has 3 aromatic carbocycles. The third-order valence-corrected chi connectivity index (χ3v) is 7.24. The first-order valence-corrected chi connectivity index (χ1v) is 12.4. The number of nitrogens with one attached hydrogen (secondary N) is 1. The zero-order chi connectivity index (χ0) is 25.6. The van der Waals surface area contributed by atoms with Crippen LogP contribution < -0.4 is 15.0 Å². The van der Waals surface area contributed by atoms with Crippen LogP contribution in [0.5, 0.6) is 11.5 Å². The summed E-state index contributed by atoms with van der Waals surface area (Å²) >= 11 is 0. The van der Waals surface area contributed by atoms with Crippen molar-refractivity contribution in [1.82, 2.24) is 30.1 Å². The largest absolute Gasteiger partial charge is 0.454 e. The molecule has 0 saturated carbocycles. The van der Waals surface area contributed by atoms with E-state index in [1.54, 1.807) is 22.9 Å². The van der Waals surface area contributed by atoms with Crippen LogP contribution in [0.1, 0.15) is 34.1 Å². The number of pyridine rings is 1. The fraction of sp³-hybridized carbons (Fsp3) is 0.214. The van der Waals surface area contributed by atoms with Crippen molar-refractivity contribution in [1.29, 1.82) is 0 Å². The highest BCUT2D eigenvalue weighted by molar-refractivity contribution is 5.83. The normalized spacial score (nSPS) is 15.5. The molecule has 4 heterocycles. The minimum Gasteiger partial charge on any atom is -0.454 e. The molecule has 0 amide bonds. The van der Waals surface area contributed by atoms with Gasteiger partial charge in [-0.25, -0.2) is 9.07 Å². The lowest BCUT2D eigenvalue weighted by molar-refractivity contribution is 0.174. The average Bonchev–Trinajstić information content (AvgIpc) is 3.58. The van der Waals surface area contributed by atoms with Gasteiger partial charge in [0.2, 0.25) is 6.79 Å². The highest BCUT2D eigenvalue weighted by atomic mass is 19.1. The Morgan fingerprint density at radius 2 is 1.79 bits per heavy atom. The van der Waals surface area contributed by atoms with Crippen molar-refractivity contribution in [2.45, 2.75) is 25.6 Å². The van der Waals surface area contributed by atoms with Crippen molar-refractivity contribution in [2.24, 2.45) is 0 Å². The van der Waals surface area contributed by atoms with Crippen molar-refractivity contribution in [2.75, 3.05) is 13.3 Å². The molecule has 1 atom stereocenters. The van der Waals surface area contributed by atoms with Crippen LogP contribution in [-0.4, -0.2) is 43.4 Å². The topological polar surface area (TPSA) is 98.2 Å². The molecule has 0 aliphatic carbocycles. The van der Waals surface area contributed by atoms with Gasteiger partial charge in [-0.15, -0.1) is 5.10 Å². The van der Waals surface area contributed by atoms with E-state index in [1.807, 2.05) is 24.3 Å². The van der Waals surface area contributed by atoms with E-state index in [9.17, 15) is 9.18 Å². The van der Waals surface area contributed by atoms with Gasteiger partial charge in [0.15, 0.2) is 17.3 Å². The van der Waals surface area contributed by atoms with Crippen LogP contribution in [-0.2, 0) is 19.5 Å². The van der Waals surface area contributed by atoms with Gasteiger partial charge in [0.1, 0.15) is 11.9 Å². The van der Waals surface area contributed by atoms with E-state index in [0.29, 0.717) is 41.5 Å². The quantitative estimate of drug-likeness (QED) is 0.386. The zero-order valence-electron chi connectivity index (χ0n) is 20.3. The number of benzene rings is 3. The first-order chi connectivity index (χ1) is 18.6. The molecular weight excluding hydrogens is 487 g/mol. The summed E-state index contributed by atoms with van der Waals surface area (Å²) in [6.45, 7) is 1.86. The van der Waals surface area contributed by atoms with E-state index in [0.717, 1.165) is 23.9 Å². The number of halogens is 1. The van der Waals surface area contributed by atoms with Crippen LogP contribution in [0.25, 0.3) is 10.9 Å². The minimum absolute atomic E-state index is 0.150. The van der Waals surface area contributed by atoms with E-state index in [1.165, 1.54) is 23.3 Å². The maximum atomic E-state index is 13.6. The summed E-state index contributed by atoms with van der Waals surface area (Å²) in [5.74, 6) is 1.48. The molecule has 0 bridgehead atoms. The van der Waals surface area contributed by atoms with E-state index in [4.69, 9.17) is 9.47 Å². The van der Waals surface area contributed by atoms with Gasteiger partial charge in [0.05, 0.1) is 12.1 Å². The third-order valence-electron chi connectivity index (χ3n) is 7.24. The fourth-order valence-corrected chi connectivity index (χ4v) is 5.34. The lowest BCUT2D eigenvalue weighted by Gasteiger charge is -2.34. The average molecular weight is 511 g/mol. The summed E-state index contributed by atoms with van der Waals surface area (Å²) in [7, 11) is 0. The molecule has 5 aromatic rings. The Bertz CT molecular complexity index is 1710. The number of aromatic amines is 1. The number of aromatic nitrogens is 5. The fourth-order valence-electron chi connectivity index (χ4n) is 5.34. The van der Waals surface area contributed by atoms with Gasteiger partial charge in [-0.05, 0) is 57.8 Å². The maximum absolute atomic E-state index is 13.6. The zero-order valence-corrected chi connectivity index (χ0v) is 20.3. The molecule has 0 saturated heterocycles. The summed E-state index contributed by atoms with van der Waals surface area (Å²) in [5.41, 5.74) is 4.33. The lowest BCUT2D eigenvalue weighted by Crippen LogP contribution is -2.38. The van der Waals surface area contributed by atoms with E-state index >= 15 is 0 Å². The van der Waals surface area contributed by atoms with Crippen LogP contribution in [0.2, 0.25) is 0 Å². The Labute approximate surface area is 216 Å². The molecule has 38 heavy (non-hydrogen) atoms. The summed E-state index contributed by atoms with van der Waals surface area (Å²) in [6.07, 6.45) is 0.844. The van der Waals surface area contributed by atoms with Gasteiger partial charge in [-0.1, -0.05) is 36.4 Å². The number of H-pyrrole nitrogens is 1. The van der Waals surface area contributed by atoms with Crippen molar-refractivity contribution in [3.63, 3.8) is 0 Å². The van der Waals surface area contributed by atoms with Gasteiger partial charge < -0.3 is 14.5 Å². The number of rotatable bonds is 5. The molecule has 0 spiro atoms. The molecule has 2 aromatic heterocycles. The Morgan fingerprint density at radius 3 is 2.63 bits per heavy atom. The highest BCUT2D eigenvalue weighted by Gasteiger charge is 2.33. The molecule has 0 fully saturated rings. The predicted octanol–water partition coefficient (Wildman–Crippen LogP) is 3.58. The van der Waals surface area contributed by atoms with Crippen molar-refractivity contribution < 1.29 is 13.9 Å². The molecule has 1 N–H and O–H groups in total. The van der Waals surface area contributed by atoms with Crippen LogP contribution in [0, 0.1) is 5.82 Å². The van der Waals surface area contributed by atoms with Crippen LogP contribution in [0.15, 0.2) is 71.5 Å². The highest BCUT2D eigenvalue weighted by Crippen LogP contribution is 2.37. The third kappa shape index (κ3) is 3.99. The number of hydrogen-bond donors (Lipinski definition) is 1. The van der Waals surface area contributed by atoms with Crippen LogP contribution in [0.4, 0.5) is 4.39 Å². The smallest absolute Gasteiger partial charge is 0.253 e. The second kappa shape index (κ2) is 9.07. The summed E-state index contributed by atoms with van der Waals surface area (Å²) in [4.78, 5) is 18.9. The number of tetrazole rings is 1. The molecule has 10 heteroatoms. The molecular formula is C28H23FN6O3. The number of fused-ring (bicyclic) bond motifs is 3. The van der Waals surface area contributed by atoms with Crippen molar-refractivity contribution >= 4 is 10.9 Å². The molecule has 9 nitrogen and oxygen atoms in total. The SMILES string of the molecule is O=c1[nH]c2cc3c(cc2cc1[C@@H](c1nnnn1Cc1ccc(F)cc1)N1CCc2ccccc2C1)OCO3. The summed E-state index contributed by atoms with van der Waals surface area (Å²) in [6, 6.07) is 19.6. The standard InChI is InChI=1S/C28H23FN6O3/c29-21-7-5-17(6-8-21)14-35-27(31-32-33-35)26(34-10-9-18-3-1-2-4-19(18)15-34)22-11-20-12-24-25(38-16-37-24)13-23(20)30-28(22)36/h1-8,11-13,26H,9-10,14-16H2,(H,30,36)/t26-/m0/s1. The van der Waals surface area contributed by atoms with E-state index < -0.39 is 6.04 Å². The molecule has 7 rings (SSSR count). The van der Waals surface area contributed by atoms with Gasteiger partial charge in [0.25, 0.3) is 5.56 Å². The Kier molecular flexibility index (Phi) is 5.40. The second-order valence-electron chi connectivity index (χ2n) is 9.56. The number of hydrogen-bond acceptors (Lipinski definition) is 7. The second-order valence-corrected chi connectivity index (χ2v) is 9.56. The number of ether oxygens (including phenoxy) is 2. The predicted molar refractivity (Wildman–Crippen MR) is 136 cm³/mol. The van der Waals surface area contributed by atoms with E-state index in [-0.39, 0.29) is 18.2 Å². The molecule has 190 valence electrons. The lowest BCUT2D eigenvalue weighted by atomic mass is 9.96. The maximum Gasteiger partial charge on any atom is 0.253 e. The van der Waals surface area contributed by atoms with Gasteiger partial charge in [0, 0.05) is 30.1 Å². The Hall–Kier alpha value is -4.57. The van der Waals surface area contributed by atoms with Crippen molar-refractivity contribution in [3.8, 4) is 11.5 Å². The van der Waals surface area contributed by atoms with Gasteiger partial charge >= 0.3 is 0 Å².